The normalized spacial score (nSPS) is 20.4. The molecule has 0 bridgehead atoms. The molecular formula is C27H34N6O. The number of rotatable bonds is 9. The number of hydrogen-bond acceptors (Lipinski definition) is 5. The summed E-state index contributed by atoms with van der Waals surface area (Å²) in [6, 6.07) is 17.0. The first kappa shape index (κ1) is 22.8. The molecule has 0 aliphatic carbocycles. The van der Waals surface area contributed by atoms with Crippen LogP contribution in [-0.2, 0) is 6.54 Å². The lowest BCUT2D eigenvalue weighted by Crippen LogP contribution is -2.50. The molecule has 2 aromatic carbocycles. The van der Waals surface area contributed by atoms with Gasteiger partial charge in [-0.1, -0.05) is 37.3 Å². The molecule has 7 nitrogen and oxygen atoms in total. The Labute approximate surface area is 200 Å². The van der Waals surface area contributed by atoms with Gasteiger partial charge in [-0.25, -0.2) is 0 Å². The lowest BCUT2D eigenvalue weighted by atomic mass is 9.71. The topological polar surface area (TPSA) is 90.8 Å². The van der Waals surface area contributed by atoms with Crippen LogP contribution in [0.15, 0.2) is 67.4 Å². The lowest BCUT2D eigenvalue weighted by molar-refractivity contribution is 0.117. The Hall–Kier alpha value is -3.00. The number of nitrogens with one attached hydrogen (secondary N) is 3. The number of benzene rings is 2. The van der Waals surface area contributed by atoms with Crippen LogP contribution in [0.4, 0.5) is 0 Å². The maximum absolute atomic E-state index is 10.4. The fourth-order valence-corrected chi connectivity index (χ4v) is 5.72. The van der Waals surface area contributed by atoms with Crippen molar-refractivity contribution in [2.75, 3.05) is 19.7 Å². The Morgan fingerprint density at radius 3 is 2.71 bits per heavy atom. The van der Waals surface area contributed by atoms with Gasteiger partial charge >= 0.3 is 0 Å². The molecule has 1 aliphatic rings. The summed E-state index contributed by atoms with van der Waals surface area (Å²) in [6.45, 7) is 5.16. The Kier molecular flexibility index (Phi) is 7.04. The number of piperidine rings is 1. The van der Waals surface area contributed by atoms with Gasteiger partial charge < -0.3 is 20.7 Å². The number of aliphatic hydroxyl groups excluding tert-OH is 1. The quantitative estimate of drug-likeness (QED) is 0.308. The average Bonchev–Trinajstić information content (AvgIpc) is 3.57. The molecule has 0 spiro atoms. The van der Waals surface area contributed by atoms with Crippen LogP contribution < -0.4 is 10.6 Å². The van der Waals surface area contributed by atoms with Crippen LogP contribution in [0, 0.1) is 11.8 Å². The third kappa shape index (κ3) is 4.64. The van der Waals surface area contributed by atoms with Crippen LogP contribution in [0.2, 0.25) is 0 Å². The third-order valence-corrected chi connectivity index (χ3v) is 7.48. The number of fused-ring (bicyclic) bond motifs is 1. The van der Waals surface area contributed by atoms with E-state index in [9.17, 15) is 5.11 Å². The van der Waals surface area contributed by atoms with Crippen molar-refractivity contribution < 1.29 is 5.11 Å². The molecule has 0 saturated carbocycles. The van der Waals surface area contributed by atoms with Crippen molar-refractivity contribution in [2.24, 2.45) is 11.8 Å². The van der Waals surface area contributed by atoms with Gasteiger partial charge in [0.05, 0.1) is 6.61 Å². The molecule has 7 heteroatoms. The molecule has 4 N–H and O–H groups in total. The molecule has 2 aromatic heterocycles. The number of hydrogen-bond donors (Lipinski definition) is 4. The number of aromatic amines is 1. The van der Waals surface area contributed by atoms with E-state index in [0.717, 1.165) is 43.7 Å². The smallest absolute Gasteiger partial charge is 0.123 e. The molecular weight excluding hydrogens is 424 g/mol. The van der Waals surface area contributed by atoms with Crippen molar-refractivity contribution in [2.45, 2.75) is 38.3 Å². The Bertz CT molecular complexity index is 1170. The fourth-order valence-electron chi connectivity index (χ4n) is 5.72. The highest BCUT2D eigenvalue weighted by atomic mass is 16.3. The molecule has 0 amide bonds. The van der Waals surface area contributed by atoms with Crippen molar-refractivity contribution in [3.05, 3.63) is 78.5 Å². The summed E-state index contributed by atoms with van der Waals surface area (Å²) in [6.07, 6.45) is 7.75. The van der Waals surface area contributed by atoms with Gasteiger partial charge in [0, 0.05) is 35.4 Å². The lowest BCUT2D eigenvalue weighted by Gasteiger charge is -2.41. The van der Waals surface area contributed by atoms with Gasteiger partial charge in [-0.15, -0.1) is 10.2 Å². The first-order chi connectivity index (χ1) is 16.8. The summed E-state index contributed by atoms with van der Waals surface area (Å²) >= 11 is 0. The van der Waals surface area contributed by atoms with Crippen molar-refractivity contribution >= 4 is 10.9 Å². The molecule has 4 aromatic rings. The second kappa shape index (κ2) is 10.5. The van der Waals surface area contributed by atoms with Crippen molar-refractivity contribution in [1.29, 1.82) is 0 Å². The second-order valence-electron chi connectivity index (χ2n) is 9.33. The number of aromatic nitrogens is 4. The summed E-state index contributed by atoms with van der Waals surface area (Å²) in [7, 11) is 0. The number of aliphatic hydroxyl groups is 1. The monoisotopic (exact) mass is 458 g/mol. The molecule has 3 heterocycles. The van der Waals surface area contributed by atoms with E-state index < -0.39 is 0 Å². The highest BCUT2D eigenvalue weighted by Gasteiger charge is 2.37. The molecule has 1 aliphatic heterocycles. The summed E-state index contributed by atoms with van der Waals surface area (Å²) in [4.78, 5) is 3.49. The molecule has 1 fully saturated rings. The van der Waals surface area contributed by atoms with Crippen LogP contribution >= 0.6 is 0 Å². The van der Waals surface area contributed by atoms with Crippen LogP contribution in [0.1, 0.15) is 36.8 Å². The zero-order chi connectivity index (χ0) is 23.3. The van der Waals surface area contributed by atoms with Crippen molar-refractivity contribution in [3.8, 4) is 5.69 Å². The summed E-state index contributed by atoms with van der Waals surface area (Å²) < 4.78 is 1.94. The summed E-state index contributed by atoms with van der Waals surface area (Å²) in [5, 5.41) is 26.8. The summed E-state index contributed by atoms with van der Waals surface area (Å²) in [5.74, 6) is 1.21. The maximum Gasteiger partial charge on any atom is 0.123 e. The van der Waals surface area contributed by atoms with Gasteiger partial charge in [0.2, 0.25) is 0 Å². The third-order valence-electron chi connectivity index (χ3n) is 7.48. The van der Waals surface area contributed by atoms with E-state index in [2.05, 4.69) is 81.4 Å². The molecule has 34 heavy (non-hydrogen) atoms. The fraction of sp³-hybridized carbons (Fsp3) is 0.407. The minimum absolute atomic E-state index is 0.0687. The predicted octanol–water partition coefficient (Wildman–Crippen LogP) is 3.62. The zero-order valence-electron chi connectivity index (χ0n) is 19.7. The van der Waals surface area contributed by atoms with E-state index in [-0.39, 0.29) is 12.6 Å². The standard InChI is InChI=1S/C27H34N6O/c1-2-21(25-15-30-26-9-8-20(12-23(25)26)33-17-31-32-18-33)24-14-28-11-10-22(24)27(16-34)29-13-19-6-4-3-5-7-19/h3-9,12,15,17-18,21-22,24,27-30,34H,2,10-11,13-14,16H2,1H3. The van der Waals surface area contributed by atoms with Gasteiger partial charge in [-0.2, -0.15) is 0 Å². The van der Waals surface area contributed by atoms with Gasteiger partial charge in [0.1, 0.15) is 12.7 Å². The van der Waals surface area contributed by atoms with Gasteiger partial charge in [0.15, 0.2) is 0 Å². The minimum atomic E-state index is 0.0687. The number of nitrogens with zero attached hydrogens (tertiary/aromatic N) is 3. The van der Waals surface area contributed by atoms with E-state index >= 15 is 0 Å². The predicted molar refractivity (Wildman–Crippen MR) is 135 cm³/mol. The van der Waals surface area contributed by atoms with E-state index in [4.69, 9.17) is 0 Å². The molecule has 1 saturated heterocycles. The Balaban J connectivity index is 1.42. The Morgan fingerprint density at radius 1 is 1.12 bits per heavy atom. The van der Waals surface area contributed by atoms with Crippen LogP contribution in [0.25, 0.3) is 16.6 Å². The van der Waals surface area contributed by atoms with Crippen LogP contribution in [0.3, 0.4) is 0 Å². The van der Waals surface area contributed by atoms with Gasteiger partial charge in [0.25, 0.3) is 0 Å². The van der Waals surface area contributed by atoms with Gasteiger partial charge in [-0.3, -0.25) is 4.57 Å². The number of H-pyrrole nitrogens is 1. The zero-order valence-corrected chi connectivity index (χ0v) is 19.7. The SMILES string of the molecule is CCC(c1c[nH]c2ccc(-n3cnnc3)cc12)C1CNCCC1C(CO)NCc1ccccc1. The first-order valence-corrected chi connectivity index (χ1v) is 12.3. The molecule has 4 atom stereocenters. The molecule has 4 unspecified atom stereocenters. The maximum atomic E-state index is 10.4. The van der Waals surface area contributed by atoms with E-state index in [1.165, 1.54) is 16.5 Å². The van der Waals surface area contributed by atoms with Crippen LogP contribution in [0.5, 0.6) is 0 Å². The first-order valence-electron chi connectivity index (χ1n) is 12.3. The van der Waals surface area contributed by atoms with Gasteiger partial charge in [-0.05, 0) is 73.0 Å². The average molecular weight is 459 g/mol. The highest BCUT2D eigenvalue weighted by molar-refractivity contribution is 5.85. The van der Waals surface area contributed by atoms with Crippen molar-refractivity contribution in [1.82, 2.24) is 30.4 Å². The second-order valence-corrected chi connectivity index (χ2v) is 9.33. The highest BCUT2D eigenvalue weighted by Crippen LogP contribution is 2.40. The molecule has 5 rings (SSSR count). The summed E-state index contributed by atoms with van der Waals surface area (Å²) in [5.41, 5.74) is 4.80. The van der Waals surface area contributed by atoms with Crippen molar-refractivity contribution in [3.63, 3.8) is 0 Å². The largest absolute Gasteiger partial charge is 0.395 e. The molecule has 178 valence electrons. The Morgan fingerprint density at radius 2 is 1.94 bits per heavy atom. The molecule has 0 radical (unpaired) electrons. The van der Waals surface area contributed by atoms with Crippen LogP contribution in [-0.4, -0.2) is 50.6 Å². The minimum Gasteiger partial charge on any atom is -0.395 e. The van der Waals surface area contributed by atoms with E-state index in [1.54, 1.807) is 12.7 Å². The van der Waals surface area contributed by atoms with E-state index in [0.29, 0.717) is 17.8 Å². The van der Waals surface area contributed by atoms with E-state index in [1.807, 2.05) is 10.6 Å².